The molecule has 0 bridgehead atoms. The van der Waals surface area contributed by atoms with E-state index in [1.54, 1.807) is 0 Å². The first kappa shape index (κ1) is 23.1. The van der Waals surface area contributed by atoms with Gasteiger partial charge in [0.2, 0.25) is 0 Å². The molecule has 0 saturated carbocycles. The molecule has 0 unspecified atom stereocenters. The third-order valence-corrected chi connectivity index (χ3v) is 5.28. The van der Waals surface area contributed by atoms with E-state index in [-0.39, 0.29) is 6.04 Å². The first-order chi connectivity index (χ1) is 13.8. The van der Waals surface area contributed by atoms with Crippen LogP contribution in [0.15, 0.2) is 24.3 Å². The van der Waals surface area contributed by atoms with Crippen LogP contribution in [-0.4, -0.2) is 108 Å². The van der Waals surface area contributed by atoms with E-state index in [0.717, 1.165) is 37.4 Å². The number of anilines is 1. The molecule has 1 atom stereocenters. The van der Waals surface area contributed by atoms with Gasteiger partial charge in [-0.15, -0.1) is 0 Å². The Morgan fingerprint density at radius 3 is 2.10 bits per heavy atom. The largest absolute Gasteiger partial charge is 0.378 e. The topological polar surface area (TPSA) is 71.2 Å². The molecule has 1 fully saturated rings. The molecule has 0 aliphatic carbocycles. The van der Waals surface area contributed by atoms with Crippen LogP contribution in [0.4, 0.5) is 5.69 Å². The van der Waals surface area contributed by atoms with E-state index < -0.39 is 11.8 Å². The minimum atomic E-state index is -0.577. The van der Waals surface area contributed by atoms with E-state index in [2.05, 4.69) is 56.6 Å². The highest BCUT2D eigenvalue weighted by atomic mass is 16.2. The van der Waals surface area contributed by atoms with Gasteiger partial charge in [-0.2, -0.15) is 0 Å². The number of amides is 2. The Bertz CT molecular complexity index is 654. The molecule has 1 aromatic carbocycles. The molecule has 0 radical (unpaired) electrons. The lowest BCUT2D eigenvalue weighted by molar-refractivity contribution is -0.139. The lowest BCUT2D eigenvalue weighted by atomic mass is 10.0. The van der Waals surface area contributed by atoms with Crippen molar-refractivity contribution in [3.63, 3.8) is 0 Å². The molecular formula is C21H36N6O2. The van der Waals surface area contributed by atoms with Gasteiger partial charge in [0.05, 0.1) is 6.04 Å². The second kappa shape index (κ2) is 11.1. The van der Waals surface area contributed by atoms with Crippen molar-refractivity contribution in [1.29, 1.82) is 0 Å². The van der Waals surface area contributed by atoms with E-state index in [0.29, 0.717) is 19.6 Å². The number of carbonyl (C=O) groups is 2. The molecule has 0 spiro atoms. The molecule has 1 aliphatic heterocycles. The molecule has 2 rings (SSSR count). The highest BCUT2D eigenvalue weighted by molar-refractivity contribution is 6.35. The van der Waals surface area contributed by atoms with Gasteiger partial charge >= 0.3 is 11.8 Å². The highest BCUT2D eigenvalue weighted by Crippen LogP contribution is 2.24. The summed E-state index contributed by atoms with van der Waals surface area (Å²) in [5.41, 5.74) is 2.28. The summed E-state index contributed by atoms with van der Waals surface area (Å²) in [5, 5.41) is 5.50. The maximum Gasteiger partial charge on any atom is 0.309 e. The minimum absolute atomic E-state index is 0.0402. The van der Waals surface area contributed by atoms with Gasteiger partial charge in [0.1, 0.15) is 0 Å². The summed E-state index contributed by atoms with van der Waals surface area (Å²) < 4.78 is 0. The van der Waals surface area contributed by atoms with Crippen molar-refractivity contribution < 1.29 is 9.59 Å². The average molecular weight is 405 g/mol. The number of benzene rings is 1. The standard InChI is InChI=1S/C21H36N6O2/c1-24(2)11-10-22-20(28)21(29)23-16-19(27-14-12-26(5)13-15-27)17-6-8-18(9-7-17)25(3)4/h6-9,19H,10-16H2,1-5H3,(H,22,28)(H,23,29)/t19-/m1/s1. The zero-order valence-electron chi connectivity index (χ0n) is 18.4. The van der Waals surface area contributed by atoms with Crippen molar-refractivity contribution in [3.8, 4) is 0 Å². The van der Waals surface area contributed by atoms with Gasteiger partial charge < -0.3 is 25.3 Å². The number of piperazine rings is 1. The van der Waals surface area contributed by atoms with Gasteiger partial charge in [-0.3, -0.25) is 14.5 Å². The monoisotopic (exact) mass is 404 g/mol. The second-order valence-electron chi connectivity index (χ2n) is 8.11. The number of rotatable bonds is 8. The number of carbonyl (C=O) groups excluding carboxylic acids is 2. The maximum atomic E-state index is 12.3. The Kier molecular flexibility index (Phi) is 8.88. The minimum Gasteiger partial charge on any atom is -0.378 e. The summed E-state index contributed by atoms with van der Waals surface area (Å²) in [5.74, 6) is -1.15. The Morgan fingerprint density at radius 1 is 0.966 bits per heavy atom. The molecule has 1 aromatic rings. The Hall–Kier alpha value is -2.16. The van der Waals surface area contributed by atoms with Crippen LogP contribution < -0.4 is 15.5 Å². The molecule has 0 aromatic heterocycles. The lowest BCUT2D eigenvalue weighted by Crippen LogP contribution is -2.50. The SMILES string of the molecule is CN(C)CCNC(=O)C(=O)NC[C@H](c1ccc(N(C)C)cc1)N1CCN(C)CC1. The van der Waals surface area contributed by atoms with Crippen LogP contribution in [0.5, 0.6) is 0 Å². The molecule has 2 N–H and O–H groups in total. The number of hydrogen-bond donors (Lipinski definition) is 2. The van der Waals surface area contributed by atoms with Crippen molar-refractivity contribution in [2.24, 2.45) is 0 Å². The van der Waals surface area contributed by atoms with E-state index in [1.807, 2.05) is 33.1 Å². The number of hydrogen-bond acceptors (Lipinski definition) is 6. The zero-order chi connectivity index (χ0) is 21.4. The molecule has 8 heteroatoms. The molecule has 2 amide bonds. The lowest BCUT2D eigenvalue weighted by Gasteiger charge is -2.38. The quantitative estimate of drug-likeness (QED) is 0.587. The van der Waals surface area contributed by atoms with Crippen LogP contribution in [0.2, 0.25) is 0 Å². The number of nitrogens with zero attached hydrogens (tertiary/aromatic N) is 4. The highest BCUT2D eigenvalue weighted by Gasteiger charge is 2.25. The van der Waals surface area contributed by atoms with Gasteiger partial charge in [-0.25, -0.2) is 0 Å². The van der Waals surface area contributed by atoms with E-state index >= 15 is 0 Å². The van der Waals surface area contributed by atoms with E-state index in [9.17, 15) is 9.59 Å². The second-order valence-corrected chi connectivity index (χ2v) is 8.11. The van der Waals surface area contributed by atoms with Crippen molar-refractivity contribution in [2.75, 3.05) is 86.0 Å². The molecule has 162 valence electrons. The van der Waals surface area contributed by atoms with Crippen LogP contribution in [0, 0.1) is 0 Å². The van der Waals surface area contributed by atoms with Crippen LogP contribution in [0.1, 0.15) is 11.6 Å². The Morgan fingerprint density at radius 2 is 1.55 bits per heavy atom. The van der Waals surface area contributed by atoms with Gasteiger partial charge in [0, 0.05) is 65.6 Å². The Labute approximate surface area is 174 Å². The summed E-state index contributed by atoms with van der Waals surface area (Å²) >= 11 is 0. The normalized spacial score (nSPS) is 16.5. The van der Waals surface area contributed by atoms with Crippen LogP contribution in [0.25, 0.3) is 0 Å². The predicted molar refractivity (Wildman–Crippen MR) is 117 cm³/mol. The molecule has 1 heterocycles. The van der Waals surface area contributed by atoms with Crippen LogP contribution in [-0.2, 0) is 9.59 Å². The van der Waals surface area contributed by atoms with Gasteiger partial charge in [-0.1, -0.05) is 12.1 Å². The molecule has 1 saturated heterocycles. The predicted octanol–water partition coefficient (Wildman–Crippen LogP) is -0.165. The summed E-state index contributed by atoms with van der Waals surface area (Å²) in [4.78, 5) is 33.0. The Balaban J connectivity index is 2.01. The fourth-order valence-corrected chi connectivity index (χ4v) is 3.33. The molecular weight excluding hydrogens is 368 g/mol. The van der Waals surface area contributed by atoms with Crippen LogP contribution in [0.3, 0.4) is 0 Å². The summed E-state index contributed by atoms with van der Waals surface area (Å²) in [6.07, 6.45) is 0. The number of likely N-dealkylation sites (N-methyl/N-ethyl adjacent to an activating group) is 2. The fraction of sp³-hybridized carbons (Fsp3) is 0.619. The van der Waals surface area contributed by atoms with Crippen molar-refractivity contribution >= 4 is 17.5 Å². The first-order valence-electron chi connectivity index (χ1n) is 10.2. The fourth-order valence-electron chi connectivity index (χ4n) is 3.33. The van der Waals surface area contributed by atoms with E-state index in [1.165, 1.54) is 0 Å². The average Bonchev–Trinajstić information content (AvgIpc) is 2.69. The molecule has 8 nitrogen and oxygen atoms in total. The summed E-state index contributed by atoms with van der Waals surface area (Å²) in [7, 11) is 10.0. The van der Waals surface area contributed by atoms with Gasteiger partial charge in [0.25, 0.3) is 0 Å². The summed E-state index contributed by atoms with van der Waals surface area (Å²) in [6.45, 7) is 5.40. The van der Waals surface area contributed by atoms with Gasteiger partial charge in [0.15, 0.2) is 0 Å². The first-order valence-corrected chi connectivity index (χ1v) is 10.2. The van der Waals surface area contributed by atoms with Gasteiger partial charge in [-0.05, 0) is 38.8 Å². The smallest absolute Gasteiger partial charge is 0.309 e. The van der Waals surface area contributed by atoms with Crippen molar-refractivity contribution in [1.82, 2.24) is 25.3 Å². The summed E-state index contributed by atoms with van der Waals surface area (Å²) in [6, 6.07) is 8.45. The van der Waals surface area contributed by atoms with Crippen molar-refractivity contribution in [3.05, 3.63) is 29.8 Å². The van der Waals surface area contributed by atoms with Crippen LogP contribution >= 0.6 is 0 Å². The third kappa shape index (κ3) is 7.30. The van der Waals surface area contributed by atoms with E-state index in [4.69, 9.17) is 0 Å². The molecule has 1 aliphatic rings. The number of nitrogens with one attached hydrogen (secondary N) is 2. The van der Waals surface area contributed by atoms with Crippen molar-refractivity contribution in [2.45, 2.75) is 6.04 Å². The maximum absolute atomic E-state index is 12.3. The molecule has 29 heavy (non-hydrogen) atoms. The zero-order valence-corrected chi connectivity index (χ0v) is 18.4. The third-order valence-electron chi connectivity index (χ3n) is 5.28.